The highest BCUT2D eigenvalue weighted by atomic mass is 15.3. The second-order valence-corrected chi connectivity index (χ2v) is 5.04. The Labute approximate surface area is 106 Å². The molecule has 0 saturated carbocycles. The normalized spacial score (nSPS) is 13.3. The summed E-state index contributed by atoms with van der Waals surface area (Å²) in [6.45, 7) is 13.1. The van der Waals surface area contributed by atoms with E-state index in [2.05, 4.69) is 55.8 Å². The third kappa shape index (κ3) is 4.15. The second kappa shape index (κ2) is 6.80. The van der Waals surface area contributed by atoms with E-state index in [4.69, 9.17) is 0 Å². The highest BCUT2D eigenvalue weighted by molar-refractivity contribution is 5.10. The lowest BCUT2D eigenvalue weighted by atomic mass is 10.1. The molecule has 1 rings (SSSR count). The minimum absolute atomic E-state index is 0.571. The van der Waals surface area contributed by atoms with Crippen molar-refractivity contribution in [2.24, 2.45) is 5.92 Å². The van der Waals surface area contributed by atoms with Crippen molar-refractivity contribution in [1.29, 1.82) is 0 Å². The minimum atomic E-state index is 0.571. The van der Waals surface area contributed by atoms with Gasteiger partial charge in [0.25, 0.3) is 0 Å². The summed E-state index contributed by atoms with van der Waals surface area (Å²) in [6.07, 6.45) is 2.09. The van der Waals surface area contributed by atoms with Crippen molar-refractivity contribution in [1.82, 2.24) is 15.1 Å². The minimum Gasteiger partial charge on any atom is -0.312 e. The molecule has 0 spiro atoms. The Morgan fingerprint density at radius 2 is 1.94 bits per heavy atom. The zero-order valence-electron chi connectivity index (χ0n) is 12.0. The van der Waals surface area contributed by atoms with Crippen LogP contribution < -0.4 is 5.32 Å². The smallest absolute Gasteiger partial charge is 0.0624 e. The number of nitrogens with zero attached hydrogens (tertiary/aromatic N) is 2. The monoisotopic (exact) mass is 237 g/mol. The molecule has 3 heteroatoms. The summed E-state index contributed by atoms with van der Waals surface area (Å²) in [6, 6.07) is 2.80. The van der Waals surface area contributed by atoms with Crippen LogP contribution in [0.4, 0.5) is 0 Å². The van der Waals surface area contributed by atoms with E-state index in [0.29, 0.717) is 12.0 Å². The standard InChI is InChI=1S/C14H27N3/c1-6-13-10-14(7-2)17(16-13)9-8-15-12(5)11(3)4/h10-12,15H,6-9H2,1-5H3. The number of aromatic nitrogens is 2. The maximum atomic E-state index is 4.62. The largest absolute Gasteiger partial charge is 0.312 e. The first-order chi connectivity index (χ1) is 8.08. The molecule has 98 valence electrons. The molecular weight excluding hydrogens is 210 g/mol. The van der Waals surface area contributed by atoms with Crippen LogP contribution in [0.1, 0.15) is 46.0 Å². The summed E-state index contributed by atoms with van der Waals surface area (Å²) in [5.41, 5.74) is 2.56. The summed E-state index contributed by atoms with van der Waals surface area (Å²) >= 11 is 0. The van der Waals surface area contributed by atoms with Crippen LogP contribution in [0.5, 0.6) is 0 Å². The van der Waals surface area contributed by atoms with Gasteiger partial charge in [-0.05, 0) is 31.7 Å². The molecule has 1 heterocycles. The molecule has 0 amide bonds. The van der Waals surface area contributed by atoms with Crippen LogP contribution >= 0.6 is 0 Å². The number of hydrogen-bond donors (Lipinski definition) is 1. The van der Waals surface area contributed by atoms with Gasteiger partial charge < -0.3 is 5.32 Å². The highest BCUT2D eigenvalue weighted by Crippen LogP contribution is 2.06. The molecule has 1 atom stereocenters. The average molecular weight is 237 g/mol. The van der Waals surface area contributed by atoms with Crippen LogP contribution in [-0.2, 0) is 19.4 Å². The Kier molecular flexibility index (Phi) is 5.69. The van der Waals surface area contributed by atoms with Gasteiger partial charge in [0.15, 0.2) is 0 Å². The number of rotatable bonds is 7. The molecule has 0 aromatic carbocycles. The Hall–Kier alpha value is -0.830. The molecular formula is C14H27N3. The molecule has 1 aromatic heterocycles. The van der Waals surface area contributed by atoms with Gasteiger partial charge in [-0.2, -0.15) is 5.10 Å². The third-order valence-corrected chi connectivity index (χ3v) is 3.43. The van der Waals surface area contributed by atoms with Gasteiger partial charge in [-0.15, -0.1) is 0 Å². The van der Waals surface area contributed by atoms with E-state index in [1.807, 2.05) is 0 Å². The lowest BCUT2D eigenvalue weighted by Gasteiger charge is -2.17. The molecule has 0 fully saturated rings. The van der Waals surface area contributed by atoms with Gasteiger partial charge >= 0.3 is 0 Å². The first-order valence-corrected chi connectivity index (χ1v) is 6.87. The first-order valence-electron chi connectivity index (χ1n) is 6.87. The van der Waals surface area contributed by atoms with E-state index < -0.39 is 0 Å². The number of nitrogens with one attached hydrogen (secondary N) is 1. The molecule has 0 bridgehead atoms. The van der Waals surface area contributed by atoms with E-state index in [1.54, 1.807) is 0 Å². The van der Waals surface area contributed by atoms with E-state index in [-0.39, 0.29) is 0 Å². The Bertz CT molecular complexity index is 328. The van der Waals surface area contributed by atoms with Crippen molar-refractivity contribution in [2.75, 3.05) is 6.54 Å². The van der Waals surface area contributed by atoms with Crippen LogP contribution in [0, 0.1) is 5.92 Å². The van der Waals surface area contributed by atoms with E-state index in [9.17, 15) is 0 Å². The summed E-state index contributed by atoms with van der Waals surface area (Å²) in [5.74, 6) is 0.685. The van der Waals surface area contributed by atoms with Crippen LogP contribution in [0.3, 0.4) is 0 Å². The fourth-order valence-electron chi connectivity index (χ4n) is 1.80. The van der Waals surface area contributed by atoms with Crippen LogP contribution in [0.25, 0.3) is 0 Å². The van der Waals surface area contributed by atoms with Crippen molar-refractivity contribution in [3.63, 3.8) is 0 Å². The molecule has 0 radical (unpaired) electrons. The number of hydrogen-bond acceptors (Lipinski definition) is 2. The van der Waals surface area contributed by atoms with Crippen molar-refractivity contribution >= 4 is 0 Å². The van der Waals surface area contributed by atoms with Gasteiger partial charge in [0.1, 0.15) is 0 Å². The van der Waals surface area contributed by atoms with Crippen LogP contribution in [0.15, 0.2) is 6.07 Å². The SMILES string of the molecule is CCc1cc(CC)n(CCNC(C)C(C)C)n1. The van der Waals surface area contributed by atoms with E-state index in [1.165, 1.54) is 11.4 Å². The van der Waals surface area contributed by atoms with Crippen molar-refractivity contribution in [2.45, 2.75) is 60.0 Å². The van der Waals surface area contributed by atoms with Gasteiger partial charge in [-0.25, -0.2) is 0 Å². The van der Waals surface area contributed by atoms with Gasteiger partial charge in [0.2, 0.25) is 0 Å². The van der Waals surface area contributed by atoms with E-state index >= 15 is 0 Å². The molecule has 1 N–H and O–H groups in total. The van der Waals surface area contributed by atoms with E-state index in [0.717, 1.165) is 25.9 Å². The second-order valence-electron chi connectivity index (χ2n) is 5.04. The summed E-state index contributed by atoms with van der Waals surface area (Å²) in [5, 5.41) is 8.17. The molecule has 1 unspecified atom stereocenters. The zero-order chi connectivity index (χ0) is 12.8. The number of aryl methyl sites for hydroxylation is 2. The zero-order valence-corrected chi connectivity index (χ0v) is 12.0. The predicted octanol–water partition coefficient (Wildman–Crippen LogP) is 2.64. The molecule has 0 aliphatic carbocycles. The summed E-state index contributed by atoms with van der Waals surface area (Å²) in [7, 11) is 0. The van der Waals surface area contributed by atoms with Gasteiger partial charge in [0, 0.05) is 18.3 Å². The molecule has 17 heavy (non-hydrogen) atoms. The van der Waals surface area contributed by atoms with Gasteiger partial charge in [-0.1, -0.05) is 27.7 Å². The topological polar surface area (TPSA) is 29.9 Å². The van der Waals surface area contributed by atoms with Crippen LogP contribution in [-0.4, -0.2) is 22.4 Å². The van der Waals surface area contributed by atoms with Crippen molar-refractivity contribution in [3.05, 3.63) is 17.5 Å². The Balaban J connectivity index is 2.48. The van der Waals surface area contributed by atoms with Crippen LogP contribution in [0.2, 0.25) is 0 Å². The maximum absolute atomic E-state index is 4.62. The van der Waals surface area contributed by atoms with Crippen molar-refractivity contribution in [3.8, 4) is 0 Å². The first kappa shape index (κ1) is 14.2. The average Bonchev–Trinajstić information content (AvgIpc) is 2.71. The molecule has 0 aliphatic heterocycles. The molecule has 0 saturated heterocycles. The quantitative estimate of drug-likeness (QED) is 0.790. The lowest BCUT2D eigenvalue weighted by molar-refractivity contribution is 0.408. The highest BCUT2D eigenvalue weighted by Gasteiger charge is 2.07. The summed E-state index contributed by atoms with van der Waals surface area (Å²) < 4.78 is 2.15. The molecule has 3 nitrogen and oxygen atoms in total. The third-order valence-electron chi connectivity index (χ3n) is 3.43. The summed E-state index contributed by atoms with van der Waals surface area (Å²) in [4.78, 5) is 0. The molecule has 0 aliphatic rings. The fourth-order valence-corrected chi connectivity index (χ4v) is 1.80. The molecule has 1 aromatic rings. The lowest BCUT2D eigenvalue weighted by Crippen LogP contribution is -2.33. The Morgan fingerprint density at radius 1 is 1.24 bits per heavy atom. The van der Waals surface area contributed by atoms with Gasteiger partial charge in [-0.3, -0.25) is 4.68 Å². The predicted molar refractivity (Wildman–Crippen MR) is 73.3 cm³/mol. The fraction of sp³-hybridized carbons (Fsp3) is 0.786. The maximum Gasteiger partial charge on any atom is 0.0624 e. The van der Waals surface area contributed by atoms with Crippen molar-refractivity contribution < 1.29 is 0 Å². The van der Waals surface area contributed by atoms with Gasteiger partial charge in [0.05, 0.1) is 12.2 Å². The Morgan fingerprint density at radius 3 is 2.47 bits per heavy atom.